The molecule has 4 nitrogen and oxygen atoms in total. The number of carboxylic acids is 1. The average Bonchev–Trinajstić information content (AvgIpc) is 2.64. The van der Waals surface area contributed by atoms with E-state index in [2.05, 4.69) is 39.8 Å². The molecule has 0 fully saturated rings. The number of aromatic carboxylic acids is 1. The van der Waals surface area contributed by atoms with Gasteiger partial charge in [0.25, 0.3) is 0 Å². The number of hydrogen-bond acceptors (Lipinski definition) is 3. The van der Waals surface area contributed by atoms with Gasteiger partial charge in [0.2, 0.25) is 0 Å². The van der Waals surface area contributed by atoms with Gasteiger partial charge in [0.1, 0.15) is 0 Å². The molecule has 3 rings (SSSR count). The van der Waals surface area contributed by atoms with Gasteiger partial charge >= 0.3 is 173 Å². The normalized spacial score (nSPS) is 17.0. The molecule has 0 amide bonds. The first kappa shape index (κ1) is 20.9. The Bertz CT molecular complexity index is 869. The number of aliphatic hydroxyl groups is 1. The van der Waals surface area contributed by atoms with E-state index in [0.717, 1.165) is 27.5 Å². The van der Waals surface area contributed by atoms with Crippen LogP contribution in [0.4, 0.5) is 0 Å². The molecule has 2 aromatic carbocycles. The van der Waals surface area contributed by atoms with E-state index in [9.17, 15) is 9.90 Å². The zero-order chi connectivity index (χ0) is 20.5. The fraction of sp³-hybridized carbons (Fsp3) is 0.435. The van der Waals surface area contributed by atoms with Gasteiger partial charge in [-0.05, 0) is 0 Å². The first-order valence-corrected chi connectivity index (χ1v) is 11.3. The van der Waals surface area contributed by atoms with Gasteiger partial charge < -0.3 is 0 Å². The predicted molar refractivity (Wildman–Crippen MR) is 113 cm³/mol. The first-order valence-electron chi connectivity index (χ1n) is 9.58. The number of fused-ring (bicyclic) bond motifs is 1. The third-order valence-corrected chi connectivity index (χ3v) is 7.79. The van der Waals surface area contributed by atoms with Crippen molar-refractivity contribution in [1.82, 2.24) is 0 Å². The topological polar surface area (TPSA) is 66.8 Å². The van der Waals surface area contributed by atoms with Crippen LogP contribution in [-0.4, -0.2) is 44.4 Å². The second-order valence-electron chi connectivity index (χ2n) is 8.62. The molecule has 0 radical (unpaired) electrons. The summed E-state index contributed by atoms with van der Waals surface area (Å²) in [5, 5.41) is 18.3. The van der Waals surface area contributed by atoms with Gasteiger partial charge in [-0.2, -0.15) is 0 Å². The van der Waals surface area contributed by atoms with Crippen LogP contribution >= 0.6 is 0 Å². The summed E-state index contributed by atoms with van der Waals surface area (Å²) in [4.78, 5) is 11.1. The van der Waals surface area contributed by atoms with Crippen LogP contribution in [0, 0.1) is 0 Å². The molecule has 0 saturated heterocycles. The summed E-state index contributed by atoms with van der Waals surface area (Å²) >= 11 is -0.0193. The molecule has 1 aliphatic rings. The third kappa shape index (κ3) is 4.27. The Morgan fingerprint density at radius 3 is 2.14 bits per heavy atom. The van der Waals surface area contributed by atoms with Crippen LogP contribution in [0.1, 0.15) is 62.0 Å². The van der Waals surface area contributed by atoms with Crippen LogP contribution in [-0.2, 0) is 10.8 Å². The van der Waals surface area contributed by atoms with E-state index < -0.39 is 5.97 Å². The number of carbonyl (C=O) groups is 1. The Morgan fingerprint density at radius 2 is 1.61 bits per heavy atom. The summed E-state index contributed by atoms with van der Waals surface area (Å²) in [5.74, 6) is -0.0790. The molecule has 0 heterocycles. The number of rotatable bonds is 6. The number of carboxylic acid groups (broad SMARTS) is 1. The molecule has 0 atom stereocenters. The first-order chi connectivity index (χ1) is 13.1. The Balaban J connectivity index is 2.04. The van der Waals surface area contributed by atoms with Gasteiger partial charge in [-0.1, -0.05) is 0 Å². The fourth-order valence-electron chi connectivity index (χ4n) is 3.71. The van der Waals surface area contributed by atoms with Crippen molar-refractivity contribution in [2.75, 3.05) is 13.2 Å². The second-order valence-corrected chi connectivity index (χ2v) is 11.0. The van der Waals surface area contributed by atoms with Crippen molar-refractivity contribution in [2.24, 2.45) is 0 Å². The van der Waals surface area contributed by atoms with E-state index in [0.29, 0.717) is 5.56 Å². The molecule has 2 aromatic rings. The molecule has 5 heteroatoms. The van der Waals surface area contributed by atoms with Gasteiger partial charge in [-0.3, -0.25) is 0 Å². The van der Waals surface area contributed by atoms with Gasteiger partial charge in [-0.15, -0.1) is 0 Å². The summed E-state index contributed by atoms with van der Waals surface area (Å²) in [6.45, 7) is 9.41. The third-order valence-electron chi connectivity index (χ3n) is 5.60. The molecule has 0 saturated carbocycles. The van der Waals surface area contributed by atoms with Crippen LogP contribution in [0.25, 0.3) is 0 Å². The summed E-state index contributed by atoms with van der Waals surface area (Å²) < 4.78 is 8.15. The van der Waals surface area contributed by atoms with Crippen LogP contribution in [0.2, 0.25) is 0 Å². The molecule has 0 unspecified atom stereocenters. The molecule has 2 N–H and O–H groups in total. The molecular weight excluding hydrogens is 419 g/mol. The van der Waals surface area contributed by atoms with Gasteiger partial charge in [0.15, 0.2) is 0 Å². The van der Waals surface area contributed by atoms with E-state index in [1.54, 1.807) is 12.1 Å². The number of hydrogen-bond donors (Lipinski definition) is 2. The Kier molecular flexibility index (Phi) is 5.90. The molecule has 0 bridgehead atoms. The van der Waals surface area contributed by atoms with E-state index in [4.69, 9.17) is 9.84 Å². The Morgan fingerprint density at radius 1 is 1.04 bits per heavy atom. The van der Waals surface area contributed by atoms with Gasteiger partial charge in [0.05, 0.1) is 0 Å². The standard InChI is InChI=1S/C23H28O4Se/c1-22(2)9-10-23(3,4)18-14-20(19(13-17(18)22)27-12-11-24)28-16-7-5-15(6-8-16)21(25)26/h5-8,13-14,24H,9-12H2,1-4H3,(H,25,26). The SMILES string of the molecule is CC1(C)CCC(C)(C)c2cc([Se]c3ccc(C(=O)O)cc3)c(OCCO)cc21. The van der Waals surface area contributed by atoms with Crippen molar-refractivity contribution in [3.63, 3.8) is 0 Å². The zero-order valence-corrected chi connectivity index (χ0v) is 18.6. The summed E-state index contributed by atoms with van der Waals surface area (Å²) in [6, 6.07) is 11.5. The summed E-state index contributed by atoms with van der Waals surface area (Å²) in [7, 11) is 0. The Labute approximate surface area is 173 Å². The summed E-state index contributed by atoms with van der Waals surface area (Å²) in [6.07, 6.45) is 2.27. The van der Waals surface area contributed by atoms with Gasteiger partial charge in [-0.25, -0.2) is 0 Å². The van der Waals surface area contributed by atoms with Crippen molar-refractivity contribution in [3.05, 3.63) is 53.1 Å². The molecule has 0 aliphatic heterocycles. The maximum atomic E-state index is 11.1. The van der Waals surface area contributed by atoms with Crippen molar-refractivity contribution in [1.29, 1.82) is 0 Å². The fourth-order valence-corrected chi connectivity index (χ4v) is 5.65. The molecule has 0 aromatic heterocycles. The van der Waals surface area contributed by atoms with Crippen molar-refractivity contribution in [3.8, 4) is 5.75 Å². The van der Waals surface area contributed by atoms with Crippen LogP contribution in [0.3, 0.4) is 0 Å². The molecule has 1 aliphatic carbocycles. The molecule has 150 valence electrons. The van der Waals surface area contributed by atoms with Crippen LogP contribution < -0.4 is 13.7 Å². The van der Waals surface area contributed by atoms with Crippen molar-refractivity contribution in [2.45, 2.75) is 51.4 Å². The minimum absolute atomic E-state index is 0.0193. The van der Waals surface area contributed by atoms with Crippen molar-refractivity contribution >= 4 is 29.8 Å². The van der Waals surface area contributed by atoms with E-state index in [1.807, 2.05) is 12.1 Å². The Hall–Kier alpha value is -1.81. The molecule has 0 spiro atoms. The van der Waals surface area contributed by atoms with Crippen molar-refractivity contribution < 1.29 is 19.7 Å². The van der Waals surface area contributed by atoms with Crippen LogP contribution in [0.15, 0.2) is 36.4 Å². The molecular formula is C23H28O4Se. The second kappa shape index (κ2) is 7.90. The van der Waals surface area contributed by atoms with E-state index >= 15 is 0 Å². The maximum absolute atomic E-state index is 11.1. The summed E-state index contributed by atoms with van der Waals surface area (Å²) in [5.41, 5.74) is 3.20. The van der Waals surface area contributed by atoms with E-state index in [1.165, 1.54) is 11.1 Å². The minimum atomic E-state index is -0.913. The monoisotopic (exact) mass is 448 g/mol. The van der Waals surface area contributed by atoms with Gasteiger partial charge in [0, 0.05) is 0 Å². The predicted octanol–water partition coefficient (Wildman–Crippen LogP) is 2.76. The number of aliphatic hydroxyl groups excluding tert-OH is 1. The zero-order valence-electron chi connectivity index (χ0n) is 16.9. The number of benzene rings is 2. The number of ether oxygens (including phenoxy) is 1. The quantitative estimate of drug-likeness (QED) is 0.669. The van der Waals surface area contributed by atoms with Crippen LogP contribution in [0.5, 0.6) is 5.75 Å². The molecule has 28 heavy (non-hydrogen) atoms. The average molecular weight is 447 g/mol. The van der Waals surface area contributed by atoms with E-state index in [-0.39, 0.29) is 39.0 Å².